The summed E-state index contributed by atoms with van der Waals surface area (Å²) < 4.78 is 0. The number of carbonyl (C=O) groups is 3. The van der Waals surface area contributed by atoms with Crippen molar-refractivity contribution in [2.24, 2.45) is 0 Å². The van der Waals surface area contributed by atoms with Crippen molar-refractivity contribution >= 4 is 29.2 Å². The lowest BCUT2D eigenvalue weighted by Crippen LogP contribution is -2.40. The smallest absolute Gasteiger partial charge is 0.284 e. The summed E-state index contributed by atoms with van der Waals surface area (Å²) in [7, 11) is 1.82. The Labute approximate surface area is 156 Å². The molecule has 1 aliphatic heterocycles. The van der Waals surface area contributed by atoms with Crippen LogP contribution >= 0.6 is 11.3 Å². The fourth-order valence-electron chi connectivity index (χ4n) is 2.86. The van der Waals surface area contributed by atoms with Crippen LogP contribution in [0.4, 0.5) is 4.79 Å². The van der Waals surface area contributed by atoms with Crippen molar-refractivity contribution in [1.82, 2.24) is 14.7 Å². The van der Waals surface area contributed by atoms with Gasteiger partial charge in [-0.15, -0.1) is 11.3 Å². The number of amides is 4. The van der Waals surface area contributed by atoms with E-state index in [1.165, 1.54) is 16.9 Å². The molecule has 3 rings (SSSR count). The van der Waals surface area contributed by atoms with E-state index in [0.717, 1.165) is 26.7 Å². The van der Waals surface area contributed by atoms with Crippen molar-refractivity contribution in [2.45, 2.75) is 26.4 Å². The molecule has 6 nitrogen and oxygen atoms in total. The Bertz CT molecular complexity index is 802. The number of nitrogens with zero attached hydrogens (tertiary/aromatic N) is 3. The van der Waals surface area contributed by atoms with Crippen molar-refractivity contribution in [2.75, 3.05) is 13.7 Å². The van der Waals surface area contributed by atoms with E-state index in [-0.39, 0.29) is 13.2 Å². The van der Waals surface area contributed by atoms with Gasteiger partial charge in [0.2, 0.25) is 0 Å². The highest BCUT2D eigenvalue weighted by Crippen LogP contribution is 2.19. The minimum absolute atomic E-state index is 0.0832. The first-order valence-corrected chi connectivity index (χ1v) is 9.33. The summed E-state index contributed by atoms with van der Waals surface area (Å²) in [6, 6.07) is 11.4. The lowest BCUT2D eigenvalue weighted by Gasteiger charge is -2.22. The van der Waals surface area contributed by atoms with E-state index in [2.05, 4.69) is 19.1 Å². The summed E-state index contributed by atoms with van der Waals surface area (Å²) in [6.45, 7) is 2.91. The number of hydrogen-bond acceptors (Lipinski definition) is 5. The molecule has 1 fully saturated rings. The Morgan fingerprint density at radius 2 is 1.62 bits per heavy atom. The Kier molecular flexibility index (Phi) is 5.49. The molecule has 2 heterocycles. The van der Waals surface area contributed by atoms with Crippen molar-refractivity contribution in [3.63, 3.8) is 0 Å². The predicted octanol–water partition coefficient (Wildman–Crippen LogP) is 2.69. The van der Waals surface area contributed by atoms with Crippen LogP contribution in [0, 0.1) is 0 Å². The first kappa shape index (κ1) is 18.3. The van der Waals surface area contributed by atoms with Gasteiger partial charge < -0.3 is 0 Å². The molecule has 7 heteroatoms. The first-order chi connectivity index (χ1) is 12.5. The maximum Gasteiger partial charge on any atom is 0.335 e. The second-order valence-corrected chi connectivity index (χ2v) is 7.34. The number of imide groups is 2. The van der Waals surface area contributed by atoms with Gasteiger partial charge in [0.05, 0.1) is 13.2 Å². The molecule has 1 aromatic carbocycles. The second-order valence-electron chi connectivity index (χ2n) is 6.31. The van der Waals surface area contributed by atoms with E-state index in [1.54, 1.807) is 0 Å². The fraction of sp³-hybridized carbons (Fsp3) is 0.316. The van der Waals surface area contributed by atoms with Crippen molar-refractivity contribution in [1.29, 1.82) is 0 Å². The van der Waals surface area contributed by atoms with E-state index in [0.29, 0.717) is 6.54 Å². The molecule has 1 aliphatic rings. The average Bonchev–Trinajstić information content (AvgIpc) is 3.22. The molecule has 26 heavy (non-hydrogen) atoms. The van der Waals surface area contributed by atoms with Crippen LogP contribution in [0.3, 0.4) is 0 Å². The molecule has 0 saturated carbocycles. The van der Waals surface area contributed by atoms with Gasteiger partial charge in [-0.3, -0.25) is 19.4 Å². The monoisotopic (exact) mass is 371 g/mol. The molecule has 0 bridgehead atoms. The van der Waals surface area contributed by atoms with E-state index in [1.807, 2.05) is 41.6 Å². The molecule has 4 amide bonds. The highest BCUT2D eigenvalue weighted by molar-refractivity contribution is 7.09. The normalized spacial score (nSPS) is 14.8. The van der Waals surface area contributed by atoms with Gasteiger partial charge in [0.15, 0.2) is 0 Å². The summed E-state index contributed by atoms with van der Waals surface area (Å²) in [4.78, 5) is 41.6. The van der Waals surface area contributed by atoms with E-state index >= 15 is 0 Å². The predicted molar refractivity (Wildman–Crippen MR) is 99.3 cm³/mol. The Morgan fingerprint density at radius 3 is 2.23 bits per heavy atom. The maximum absolute atomic E-state index is 12.5. The molecule has 2 aromatic rings. The number of hydrogen-bond donors (Lipinski definition) is 0. The molecule has 0 N–H and O–H groups in total. The molecule has 0 aliphatic carbocycles. The molecule has 0 spiro atoms. The standard InChI is InChI=1S/C19H21N3O3S/c1-3-14-6-8-15(9-7-14)11-20(2)13-22-18(24)17(23)21(19(22)25)12-16-5-4-10-26-16/h4-10H,3,11-13H2,1-2H3. The van der Waals surface area contributed by atoms with Crippen LogP contribution in [0.2, 0.25) is 0 Å². The second kappa shape index (κ2) is 7.80. The van der Waals surface area contributed by atoms with E-state index in [9.17, 15) is 14.4 Å². The van der Waals surface area contributed by atoms with Gasteiger partial charge in [-0.25, -0.2) is 9.69 Å². The highest BCUT2D eigenvalue weighted by Gasteiger charge is 2.44. The average molecular weight is 371 g/mol. The van der Waals surface area contributed by atoms with Crippen LogP contribution in [-0.2, 0) is 29.1 Å². The first-order valence-electron chi connectivity index (χ1n) is 8.45. The van der Waals surface area contributed by atoms with Gasteiger partial charge in [-0.05, 0) is 36.0 Å². The Morgan fingerprint density at radius 1 is 0.962 bits per heavy atom. The van der Waals surface area contributed by atoms with Gasteiger partial charge in [0.25, 0.3) is 0 Å². The molecule has 0 unspecified atom stereocenters. The zero-order chi connectivity index (χ0) is 18.7. The lowest BCUT2D eigenvalue weighted by atomic mass is 10.1. The third-order valence-corrected chi connectivity index (χ3v) is 5.16. The van der Waals surface area contributed by atoms with Gasteiger partial charge in [-0.2, -0.15) is 0 Å². The number of thiophene rings is 1. The summed E-state index contributed by atoms with van der Waals surface area (Å²) in [5.74, 6) is -1.52. The number of rotatable bonds is 7. The highest BCUT2D eigenvalue weighted by atomic mass is 32.1. The molecular formula is C19H21N3O3S. The van der Waals surface area contributed by atoms with Gasteiger partial charge in [0, 0.05) is 11.4 Å². The Hall–Kier alpha value is -2.51. The van der Waals surface area contributed by atoms with Gasteiger partial charge in [0.1, 0.15) is 0 Å². The molecule has 136 valence electrons. The summed E-state index contributed by atoms with van der Waals surface area (Å²) in [6.07, 6.45) is 0.981. The quantitative estimate of drug-likeness (QED) is 0.555. The van der Waals surface area contributed by atoms with Gasteiger partial charge in [-0.1, -0.05) is 37.3 Å². The largest absolute Gasteiger partial charge is 0.335 e. The number of benzene rings is 1. The molecular weight excluding hydrogens is 350 g/mol. The molecule has 0 atom stereocenters. The van der Waals surface area contributed by atoms with E-state index in [4.69, 9.17) is 0 Å². The summed E-state index contributed by atoms with van der Waals surface area (Å²) in [5.41, 5.74) is 2.35. The SMILES string of the molecule is CCc1ccc(CN(C)CN2C(=O)C(=O)N(Cc3cccs3)C2=O)cc1. The van der Waals surface area contributed by atoms with Crippen LogP contribution in [-0.4, -0.2) is 46.3 Å². The minimum atomic E-state index is -0.764. The molecule has 1 aromatic heterocycles. The van der Waals surface area contributed by atoms with Crippen LogP contribution in [0.15, 0.2) is 41.8 Å². The van der Waals surface area contributed by atoms with Gasteiger partial charge >= 0.3 is 17.8 Å². The van der Waals surface area contributed by atoms with Crippen LogP contribution in [0.25, 0.3) is 0 Å². The molecule has 0 radical (unpaired) electrons. The van der Waals surface area contributed by atoms with Crippen LogP contribution < -0.4 is 0 Å². The number of aryl methyl sites for hydroxylation is 1. The minimum Gasteiger partial charge on any atom is -0.284 e. The summed E-state index contributed by atoms with van der Waals surface area (Å²) >= 11 is 1.45. The lowest BCUT2D eigenvalue weighted by molar-refractivity contribution is -0.144. The van der Waals surface area contributed by atoms with E-state index < -0.39 is 17.8 Å². The van der Waals surface area contributed by atoms with Crippen molar-refractivity contribution in [3.8, 4) is 0 Å². The zero-order valence-corrected chi connectivity index (χ0v) is 15.7. The van der Waals surface area contributed by atoms with Crippen LogP contribution in [0.1, 0.15) is 22.9 Å². The van der Waals surface area contributed by atoms with Crippen molar-refractivity contribution in [3.05, 3.63) is 57.8 Å². The zero-order valence-electron chi connectivity index (χ0n) is 14.8. The number of carbonyl (C=O) groups excluding carboxylic acids is 3. The topological polar surface area (TPSA) is 60.9 Å². The summed E-state index contributed by atoms with van der Waals surface area (Å²) in [5, 5.41) is 1.87. The molecule has 1 saturated heterocycles. The third kappa shape index (κ3) is 3.84. The van der Waals surface area contributed by atoms with Crippen LogP contribution in [0.5, 0.6) is 0 Å². The maximum atomic E-state index is 12.5. The third-order valence-electron chi connectivity index (χ3n) is 4.30. The Balaban J connectivity index is 1.63. The number of urea groups is 1. The fourth-order valence-corrected chi connectivity index (χ4v) is 3.55. The van der Waals surface area contributed by atoms with Crippen molar-refractivity contribution < 1.29 is 14.4 Å².